The Hall–Kier alpha value is -2.67. The molecule has 2 heterocycles. The number of hydrogen-bond acceptors (Lipinski definition) is 5. The molecule has 1 aromatic heterocycles. The molecule has 1 aliphatic rings. The van der Waals surface area contributed by atoms with E-state index in [2.05, 4.69) is 26.1 Å². The molecule has 2 aromatic carbocycles. The Kier molecular flexibility index (Phi) is 3.78. The van der Waals surface area contributed by atoms with Crippen LogP contribution >= 0.6 is 15.9 Å². The molecular formula is C17H12BrN3O3. The number of benzene rings is 2. The standard InChI is InChI=1S/C17H12BrN3O3/c18-12-5-3-4-11(8-12)17-19-15(24-20-17)9-21-13-6-1-2-7-14(13)23-10-16(21)22/h1-8H,9-10H2. The Morgan fingerprint density at radius 3 is 2.92 bits per heavy atom. The molecule has 0 bridgehead atoms. The molecule has 4 rings (SSSR count). The average Bonchev–Trinajstić information content (AvgIpc) is 3.06. The summed E-state index contributed by atoms with van der Waals surface area (Å²) in [6.07, 6.45) is 0. The van der Waals surface area contributed by atoms with E-state index in [-0.39, 0.29) is 19.1 Å². The maximum absolute atomic E-state index is 12.2. The van der Waals surface area contributed by atoms with Gasteiger partial charge in [-0.1, -0.05) is 45.4 Å². The van der Waals surface area contributed by atoms with E-state index in [1.807, 2.05) is 48.5 Å². The Morgan fingerprint density at radius 1 is 1.17 bits per heavy atom. The second-order valence-corrected chi connectivity index (χ2v) is 6.17. The third-order valence-corrected chi connectivity index (χ3v) is 4.15. The number of amides is 1. The molecule has 0 spiro atoms. The molecule has 0 unspecified atom stereocenters. The fourth-order valence-electron chi connectivity index (χ4n) is 2.53. The molecule has 1 amide bonds. The Balaban J connectivity index is 1.61. The minimum absolute atomic E-state index is 0.00361. The maximum Gasteiger partial charge on any atom is 0.265 e. The number of anilines is 1. The van der Waals surface area contributed by atoms with Gasteiger partial charge in [0, 0.05) is 10.0 Å². The van der Waals surface area contributed by atoms with Crippen molar-refractivity contribution >= 4 is 27.5 Å². The number of ether oxygens (including phenoxy) is 1. The summed E-state index contributed by atoms with van der Waals surface area (Å²) >= 11 is 3.42. The molecule has 6 nitrogen and oxygen atoms in total. The van der Waals surface area contributed by atoms with Gasteiger partial charge in [-0.05, 0) is 24.3 Å². The third kappa shape index (κ3) is 2.78. The lowest BCUT2D eigenvalue weighted by Gasteiger charge is -2.27. The largest absolute Gasteiger partial charge is 0.482 e. The van der Waals surface area contributed by atoms with Gasteiger partial charge in [0.15, 0.2) is 6.61 Å². The molecule has 0 atom stereocenters. The van der Waals surface area contributed by atoms with Crippen molar-refractivity contribution in [3.8, 4) is 17.1 Å². The Morgan fingerprint density at radius 2 is 2.04 bits per heavy atom. The van der Waals surface area contributed by atoms with E-state index in [0.29, 0.717) is 23.2 Å². The van der Waals surface area contributed by atoms with Gasteiger partial charge in [0.1, 0.15) is 12.3 Å². The van der Waals surface area contributed by atoms with Gasteiger partial charge in [-0.2, -0.15) is 4.98 Å². The normalized spacial score (nSPS) is 13.5. The summed E-state index contributed by atoms with van der Waals surface area (Å²) in [4.78, 5) is 18.2. The number of carbonyl (C=O) groups is 1. The van der Waals surface area contributed by atoms with E-state index in [0.717, 1.165) is 10.0 Å². The van der Waals surface area contributed by atoms with Crippen LogP contribution < -0.4 is 9.64 Å². The molecule has 0 fully saturated rings. The minimum Gasteiger partial charge on any atom is -0.482 e. The van der Waals surface area contributed by atoms with Crippen LogP contribution in [0.4, 0.5) is 5.69 Å². The number of halogens is 1. The second-order valence-electron chi connectivity index (χ2n) is 5.26. The van der Waals surface area contributed by atoms with Crippen molar-refractivity contribution in [3.63, 3.8) is 0 Å². The molecule has 120 valence electrons. The predicted molar refractivity (Wildman–Crippen MR) is 90.6 cm³/mol. The van der Waals surface area contributed by atoms with E-state index in [9.17, 15) is 4.79 Å². The van der Waals surface area contributed by atoms with Gasteiger partial charge in [-0.3, -0.25) is 9.69 Å². The van der Waals surface area contributed by atoms with Crippen molar-refractivity contribution in [2.75, 3.05) is 11.5 Å². The summed E-state index contributed by atoms with van der Waals surface area (Å²) in [6.45, 7) is 0.212. The Labute approximate surface area is 146 Å². The van der Waals surface area contributed by atoms with E-state index >= 15 is 0 Å². The Bertz CT molecular complexity index is 909. The molecule has 0 saturated carbocycles. The zero-order valence-electron chi connectivity index (χ0n) is 12.5. The molecule has 0 N–H and O–H groups in total. The van der Waals surface area contributed by atoms with Crippen molar-refractivity contribution < 1.29 is 14.1 Å². The van der Waals surface area contributed by atoms with Crippen molar-refractivity contribution in [1.82, 2.24) is 10.1 Å². The monoisotopic (exact) mass is 385 g/mol. The highest BCUT2D eigenvalue weighted by Gasteiger charge is 2.27. The van der Waals surface area contributed by atoms with Gasteiger partial charge in [0.2, 0.25) is 11.7 Å². The minimum atomic E-state index is -0.143. The summed E-state index contributed by atoms with van der Waals surface area (Å²) in [7, 11) is 0. The van der Waals surface area contributed by atoms with Gasteiger partial charge in [-0.25, -0.2) is 0 Å². The van der Waals surface area contributed by atoms with Gasteiger partial charge in [0.25, 0.3) is 5.91 Å². The summed E-state index contributed by atoms with van der Waals surface area (Å²) < 4.78 is 11.7. The number of fused-ring (bicyclic) bond motifs is 1. The van der Waals surface area contributed by atoms with Crippen molar-refractivity contribution in [2.24, 2.45) is 0 Å². The van der Waals surface area contributed by atoms with Crippen molar-refractivity contribution in [3.05, 3.63) is 58.9 Å². The first-order chi connectivity index (χ1) is 11.7. The fraction of sp³-hybridized carbons (Fsp3) is 0.118. The fourth-order valence-corrected chi connectivity index (χ4v) is 2.93. The predicted octanol–water partition coefficient (Wildman–Crippen LogP) is 3.42. The van der Waals surface area contributed by atoms with Crippen LogP contribution in [0.2, 0.25) is 0 Å². The lowest BCUT2D eigenvalue weighted by atomic mass is 10.2. The zero-order chi connectivity index (χ0) is 16.5. The lowest BCUT2D eigenvalue weighted by molar-refractivity contribution is -0.121. The number of rotatable bonds is 3. The van der Waals surface area contributed by atoms with Crippen LogP contribution in [-0.2, 0) is 11.3 Å². The first kappa shape index (κ1) is 14.9. The smallest absolute Gasteiger partial charge is 0.265 e. The first-order valence-electron chi connectivity index (χ1n) is 7.31. The molecule has 0 aliphatic carbocycles. The van der Waals surface area contributed by atoms with Crippen LogP contribution in [0, 0.1) is 0 Å². The molecule has 7 heteroatoms. The van der Waals surface area contributed by atoms with Crippen LogP contribution in [0.15, 0.2) is 57.5 Å². The maximum atomic E-state index is 12.2. The van der Waals surface area contributed by atoms with Crippen LogP contribution in [0.1, 0.15) is 5.89 Å². The molecule has 1 aliphatic heterocycles. The van der Waals surface area contributed by atoms with Crippen molar-refractivity contribution in [1.29, 1.82) is 0 Å². The molecule has 0 radical (unpaired) electrons. The lowest BCUT2D eigenvalue weighted by Crippen LogP contribution is -2.38. The molecule has 3 aromatic rings. The third-order valence-electron chi connectivity index (χ3n) is 3.65. The number of aromatic nitrogens is 2. The van der Waals surface area contributed by atoms with E-state index in [1.165, 1.54) is 0 Å². The topological polar surface area (TPSA) is 68.5 Å². The molecule has 0 saturated heterocycles. The van der Waals surface area contributed by atoms with Gasteiger partial charge < -0.3 is 9.26 Å². The van der Waals surface area contributed by atoms with Crippen LogP contribution in [-0.4, -0.2) is 22.7 Å². The summed E-state index contributed by atoms with van der Waals surface area (Å²) in [5.41, 5.74) is 1.55. The average molecular weight is 386 g/mol. The SMILES string of the molecule is O=C1COc2ccccc2N1Cc1nc(-c2cccc(Br)c2)no1. The van der Waals surface area contributed by atoms with Crippen LogP contribution in [0.5, 0.6) is 5.75 Å². The number of carbonyl (C=O) groups excluding carboxylic acids is 1. The van der Waals surface area contributed by atoms with Crippen molar-refractivity contribution in [2.45, 2.75) is 6.54 Å². The van der Waals surface area contributed by atoms with E-state index in [1.54, 1.807) is 4.90 Å². The van der Waals surface area contributed by atoms with Crippen LogP contribution in [0.25, 0.3) is 11.4 Å². The summed E-state index contributed by atoms with van der Waals surface area (Å²) in [5.74, 6) is 1.38. The van der Waals surface area contributed by atoms with Gasteiger partial charge in [-0.15, -0.1) is 0 Å². The molecule has 24 heavy (non-hydrogen) atoms. The number of para-hydroxylation sites is 2. The highest BCUT2D eigenvalue weighted by Crippen LogP contribution is 2.32. The van der Waals surface area contributed by atoms with E-state index in [4.69, 9.17) is 9.26 Å². The van der Waals surface area contributed by atoms with Crippen LogP contribution in [0.3, 0.4) is 0 Å². The highest BCUT2D eigenvalue weighted by atomic mass is 79.9. The van der Waals surface area contributed by atoms with E-state index < -0.39 is 0 Å². The van der Waals surface area contributed by atoms with Gasteiger partial charge >= 0.3 is 0 Å². The zero-order valence-corrected chi connectivity index (χ0v) is 14.1. The second kappa shape index (κ2) is 6.09. The number of hydrogen-bond donors (Lipinski definition) is 0. The summed E-state index contributed by atoms with van der Waals surface area (Å²) in [6, 6.07) is 15.0. The quantitative estimate of drug-likeness (QED) is 0.690. The summed E-state index contributed by atoms with van der Waals surface area (Å²) in [5, 5.41) is 4.00. The van der Waals surface area contributed by atoms with Gasteiger partial charge in [0.05, 0.1) is 5.69 Å². The highest BCUT2D eigenvalue weighted by molar-refractivity contribution is 9.10. The number of nitrogens with zero attached hydrogens (tertiary/aromatic N) is 3. The molecular weight excluding hydrogens is 374 g/mol. The first-order valence-corrected chi connectivity index (χ1v) is 8.11.